The number of benzene rings is 1. The lowest BCUT2D eigenvalue weighted by molar-refractivity contribution is -0.113. The van der Waals surface area contributed by atoms with Crippen molar-refractivity contribution in [3.63, 3.8) is 0 Å². The second-order valence-electron chi connectivity index (χ2n) is 10.4. The van der Waals surface area contributed by atoms with E-state index in [0.717, 1.165) is 36.0 Å². The van der Waals surface area contributed by atoms with Crippen LogP contribution in [0.25, 0.3) is 0 Å². The van der Waals surface area contributed by atoms with Gasteiger partial charge in [-0.3, -0.25) is 10.1 Å². The van der Waals surface area contributed by atoms with Crippen LogP contribution in [0.4, 0.5) is 5.13 Å². The van der Waals surface area contributed by atoms with Gasteiger partial charge in [0.15, 0.2) is 17.1 Å². The number of carbonyl (C=O) groups excluding carboxylic acids is 1. The van der Waals surface area contributed by atoms with Crippen LogP contribution in [0.1, 0.15) is 101 Å². The van der Waals surface area contributed by atoms with E-state index in [2.05, 4.69) is 64.0 Å². The summed E-state index contributed by atoms with van der Waals surface area (Å²) in [5.41, 5.74) is 1.17. The lowest BCUT2D eigenvalue weighted by Crippen LogP contribution is -2.17. The predicted octanol–water partition coefficient (Wildman–Crippen LogP) is 6.83. The fourth-order valence-electron chi connectivity index (χ4n) is 4.64. The molecular formula is C27H38N6O2S2. The van der Waals surface area contributed by atoms with Crippen LogP contribution in [-0.4, -0.2) is 36.6 Å². The molecular weight excluding hydrogens is 504 g/mol. The highest BCUT2D eigenvalue weighted by Gasteiger charge is 2.23. The Morgan fingerprint density at radius 1 is 1.08 bits per heavy atom. The number of anilines is 1. The summed E-state index contributed by atoms with van der Waals surface area (Å²) >= 11 is 2.88. The molecule has 1 saturated carbocycles. The lowest BCUT2D eigenvalue weighted by atomic mass is 9.90. The van der Waals surface area contributed by atoms with E-state index in [9.17, 15) is 4.79 Å². The SMILES string of the molecule is CC(C)Cn1c(SCC(=O)Nc2nnc(C3CCCCC3)s2)nnc1C(C)Oc1ccccc1C(C)C. The first-order chi connectivity index (χ1) is 17.8. The minimum absolute atomic E-state index is 0.118. The molecule has 1 atom stereocenters. The van der Waals surface area contributed by atoms with Crippen LogP contribution in [0.5, 0.6) is 5.75 Å². The van der Waals surface area contributed by atoms with E-state index in [4.69, 9.17) is 4.74 Å². The van der Waals surface area contributed by atoms with Gasteiger partial charge in [0.25, 0.3) is 0 Å². The summed E-state index contributed by atoms with van der Waals surface area (Å²) in [6.45, 7) is 11.4. The highest BCUT2D eigenvalue weighted by atomic mass is 32.2. The maximum absolute atomic E-state index is 12.7. The number of aromatic nitrogens is 5. The summed E-state index contributed by atoms with van der Waals surface area (Å²) in [6.07, 6.45) is 5.84. The first-order valence-corrected chi connectivity index (χ1v) is 15.1. The van der Waals surface area contributed by atoms with Crippen LogP contribution in [0, 0.1) is 5.92 Å². The standard InChI is InChI=1S/C27H38N6O2S2/c1-17(2)15-33-24(19(5)35-22-14-10-9-13-21(22)18(3)4)29-32-27(33)36-16-23(34)28-26-31-30-25(37-26)20-11-7-6-8-12-20/h9-10,13-14,17-20H,6-8,11-12,15-16H2,1-5H3,(H,28,31,34). The highest BCUT2D eigenvalue weighted by molar-refractivity contribution is 7.99. The van der Waals surface area contributed by atoms with Gasteiger partial charge in [-0.1, -0.05) is 88.3 Å². The van der Waals surface area contributed by atoms with Crippen molar-refractivity contribution in [1.82, 2.24) is 25.0 Å². The molecule has 1 amide bonds. The molecule has 8 nitrogen and oxygen atoms in total. The lowest BCUT2D eigenvalue weighted by Gasteiger charge is -2.20. The Bertz CT molecular complexity index is 1170. The van der Waals surface area contributed by atoms with Crippen molar-refractivity contribution >= 4 is 34.1 Å². The molecule has 1 aliphatic rings. The van der Waals surface area contributed by atoms with Crippen molar-refractivity contribution in [2.24, 2.45) is 5.92 Å². The Kier molecular flexibility index (Phi) is 9.59. The Hall–Kier alpha value is -2.46. The smallest absolute Gasteiger partial charge is 0.236 e. The molecule has 0 bridgehead atoms. The van der Waals surface area contributed by atoms with Crippen molar-refractivity contribution in [2.75, 3.05) is 11.1 Å². The van der Waals surface area contributed by atoms with Crippen molar-refractivity contribution in [2.45, 2.75) is 96.4 Å². The van der Waals surface area contributed by atoms with E-state index in [1.165, 1.54) is 47.9 Å². The summed E-state index contributed by atoms with van der Waals surface area (Å²) in [4.78, 5) is 12.7. The van der Waals surface area contributed by atoms with Crippen LogP contribution >= 0.6 is 23.1 Å². The minimum Gasteiger partial charge on any atom is -0.482 e. The van der Waals surface area contributed by atoms with E-state index < -0.39 is 0 Å². The molecule has 3 aromatic rings. The second-order valence-corrected chi connectivity index (χ2v) is 12.4. The average Bonchev–Trinajstić information content (AvgIpc) is 3.50. The number of nitrogens with one attached hydrogen (secondary N) is 1. The Balaban J connectivity index is 1.40. The summed E-state index contributed by atoms with van der Waals surface area (Å²) in [6, 6.07) is 8.12. The van der Waals surface area contributed by atoms with E-state index in [0.29, 0.717) is 28.0 Å². The van der Waals surface area contributed by atoms with Gasteiger partial charge in [0.2, 0.25) is 11.0 Å². The molecule has 4 rings (SSSR count). The zero-order valence-corrected chi connectivity index (χ0v) is 24.1. The average molecular weight is 543 g/mol. The van der Waals surface area contributed by atoms with Crippen molar-refractivity contribution in [3.05, 3.63) is 40.7 Å². The summed E-state index contributed by atoms with van der Waals surface area (Å²) in [5.74, 6) is 2.95. The summed E-state index contributed by atoms with van der Waals surface area (Å²) in [7, 11) is 0. The van der Waals surface area contributed by atoms with Gasteiger partial charge in [0.1, 0.15) is 10.8 Å². The fourth-order valence-corrected chi connectivity index (χ4v) is 6.32. The van der Waals surface area contributed by atoms with Crippen molar-refractivity contribution in [1.29, 1.82) is 0 Å². The maximum Gasteiger partial charge on any atom is 0.236 e. The number of ether oxygens (including phenoxy) is 1. The van der Waals surface area contributed by atoms with Gasteiger partial charge in [-0.25, -0.2) is 0 Å². The molecule has 1 N–H and O–H groups in total. The van der Waals surface area contributed by atoms with Crippen molar-refractivity contribution < 1.29 is 9.53 Å². The van der Waals surface area contributed by atoms with Crippen molar-refractivity contribution in [3.8, 4) is 5.75 Å². The van der Waals surface area contributed by atoms with E-state index in [1.807, 2.05) is 25.1 Å². The Labute approximate surface area is 228 Å². The molecule has 1 unspecified atom stereocenters. The molecule has 37 heavy (non-hydrogen) atoms. The monoisotopic (exact) mass is 542 g/mol. The molecule has 0 spiro atoms. The van der Waals surface area contributed by atoms with Gasteiger partial charge < -0.3 is 9.30 Å². The number of carbonyl (C=O) groups is 1. The first-order valence-electron chi connectivity index (χ1n) is 13.3. The zero-order valence-electron chi connectivity index (χ0n) is 22.4. The van der Waals surface area contributed by atoms with E-state index in [1.54, 1.807) is 0 Å². The summed E-state index contributed by atoms with van der Waals surface area (Å²) in [5, 5.41) is 22.7. The molecule has 2 aromatic heterocycles. The number of thioether (sulfide) groups is 1. The molecule has 200 valence electrons. The summed E-state index contributed by atoms with van der Waals surface area (Å²) < 4.78 is 8.44. The topological polar surface area (TPSA) is 94.8 Å². The van der Waals surface area contributed by atoms with Gasteiger partial charge in [-0.15, -0.1) is 20.4 Å². The number of rotatable bonds is 11. The number of amides is 1. The van der Waals surface area contributed by atoms with E-state index in [-0.39, 0.29) is 17.8 Å². The molecule has 1 aromatic carbocycles. The molecule has 0 saturated heterocycles. The molecule has 1 fully saturated rings. The van der Waals surface area contributed by atoms with Gasteiger partial charge in [0.05, 0.1) is 5.75 Å². The van der Waals surface area contributed by atoms with Crippen LogP contribution in [-0.2, 0) is 11.3 Å². The van der Waals surface area contributed by atoms with Crippen LogP contribution in [0.3, 0.4) is 0 Å². The first kappa shape index (κ1) is 27.6. The predicted molar refractivity (Wildman–Crippen MR) is 150 cm³/mol. The van der Waals surface area contributed by atoms with Gasteiger partial charge >= 0.3 is 0 Å². The third kappa shape index (κ3) is 7.31. The van der Waals surface area contributed by atoms with Gasteiger partial charge in [-0.2, -0.15) is 0 Å². The number of nitrogens with zero attached hydrogens (tertiary/aromatic N) is 5. The van der Waals surface area contributed by atoms with Crippen LogP contribution in [0.2, 0.25) is 0 Å². The largest absolute Gasteiger partial charge is 0.482 e. The fraction of sp³-hybridized carbons (Fsp3) is 0.593. The Morgan fingerprint density at radius 3 is 2.57 bits per heavy atom. The molecule has 0 radical (unpaired) electrons. The molecule has 2 heterocycles. The Morgan fingerprint density at radius 2 is 1.84 bits per heavy atom. The minimum atomic E-state index is -0.283. The van der Waals surface area contributed by atoms with Gasteiger partial charge in [-0.05, 0) is 43.2 Å². The number of hydrogen-bond donors (Lipinski definition) is 1. The van der Waals surface area contributed by atoms with E-state index >= 15 is 0 Å². The number of hydrogen-bond acceptors (Lipinski definition) is 8. The van der Waals surface area contributed by atoms with Crippen LogP contribution in [0.15, 0.2) is 29.4 Å². The van der Waals surface area contributed by atoms with Crippen LogP contribution < -0.4 is 10.1 Å². The number of para-hydroxylation sites is 1. The normalized spacial score (nSPS) is 15.3. The third-order valence-corrected chi connectivity index (χ3v) is 8.44. The highest BCUT2D eigenvalue weighted by Crippen LogP contribution is 2.35. The van der Waals surface area contributed by atoms with Gasteiger partial charge in [0, 0.05) is 12.5 Å². The molecule has 1 aliphatic carbocycles. The zero-order chi connectivity index (χ0) is 26.4. The third-order valence-electron chi connectivity index (χ3n) is 6.48. The maximum atomic E-state index is 12.7. The molecule has 10 heteroatoms. The quantitative estimate of drug-likeness (QED) is 0.265. The molecule has 0 aliphatic heterocycles. The second kappa shape index (κ2) is 12.9.